The summed E-state index contributed by atoms with van der Waals surface area (Å²) in [6, 6.07) is 10.2. The van der Waals surface area contributed by atoms with Gasteiger partial charge in [-0.3, -0.25) is 14.2 Å². The van der Waals surface area contributed by atoms with E-state index in [1.807, 2.05) is 0 Å². The summed E-state index contributed by atoms with van der Waals surface area (Å²) < 4.78 is 58.7. The SMILES string of the molecule is CNC(=O)c1cccc(C(C)n2cnc3cc(-c4cnn(OP(C)(=O)O)c4C(F)(F)F)ccc3c2=O)c1. The maximum Gasteiger partial charge on any atom is 0.437 e. The van der Waals surface area contributed by atoms with Gasteiger partial charge in [0.15, 0.2) is 5.69 Å². The highest BCUT2D eigenvalue weighted by atomic mass is 31.2. The average molecular weight is 535 g/mol. The van der Waals surface area contributed by atoms with Crippen LogP contribution in [0.5, 0.6) is 0 Å². The van der Waals surface area contributed by atoms with Gasteiger partial charge < -0.3 is 14.8 Å². The summed E-state index contributed by atoms with van der Waals surface area (Å²) in [4.78, 5) is 38.8. The number of carbonyl (C=O) groups excluding carboxylic acids is 1. The zero-order valence-corrected chi connectivity index (χ0v) is 20.6. The van der Waals surface area contributed by atoms with Gasteiger partial charge in [0.1, 0.15) is 0 Å². The predicted molar refractivity (Wildman–Crippen MR) is 128 cm³/mol. The van der Waals surface area contributed by atoms with Gasteiger partial charge in [0.2, 0.25) is 0 Å². The molecule has 0 aliphatic rings. The molecule has 0 aliphatic heterocycles. The Balaban J connectivity index is 1.76. The van der Waals surface area contributed by atoms with Crippen LogP contribution < -0.4 is 15.5 Å². The molecule has 0 fully saturated rings. The molecular weight excluding hydrogens is 514 g/mol. The zero-order chi connectivity index (χ0) is 27.1. The fourth-order valence-electron chi connectivity index (χ4n) is 3.83. The van der Waals surface area contributed by atoms with Crippen LogP contribution in [0.4, 0.5) is 13.2 Å². The molecule has 2 heterocycles. The van der Waals surface area contributed by atoms with E-state index >= 15 is 0 Å². The Morgan fingerprint density at radius 1 is 1.22 bits per heavy atom. The third-order valence-corrected chi connectivity index (χ3v) is 6.06. The highest BCUT2D eigenvalue weighted by Gasteiger charge is 2.41. The Morgan fingerprint density at radius 3 is 2.59 bits per heavy atom. The van der Waals surface area contributed by atoms with E-state index in [1.54, 1.807) is 31.2 Å². The van der Waals surface area contributed by atoms with Gasteiger partial charge in [-0.15, -0.1) is 5.10 Å². The van der Waals surface area contributed by atoms with Crippen LogP contribution in [0.15, 0.2) is 59.8 Å². The van der Waals surface area contributed by atoms with E-state index in [2.05, 4.69) is 20.0 Å². The summed E-state index contributed by atoms with van der Waals surface area (Å²) in [6.07, 6.45) is -2.84. The Labute approximate surface area is 207 Å². The second kappa shape index (κ2) is 9.49. The summed E-state index contributed by atoms with van der Waals surface area (Å²) in [6.45, 7) is 2.49. The molecule has 4 aromatic rings. The smallest absolute Gasteiger partial charge is 0.355 e. The van der Waals surface area contributed by atoms with Crippen molar-refractivity contribution < 1.29 is 32.0 Å². The number of hydrogen-bond acceptors (Lipinski definition) is 6. The number of amides is 1. The van der Waals surface area contributed by atoms with Crippen LogP contribution in [0.2, 0.25) is 0 Å². The van der Waals surface area contributed by atoms with E-state index < -0.39 is 36.6 Å². The number of aromatic nitrogens is 4. The van der Waals surface area contributed by atoms with Crippen LogP contribution in [0.1, 0.15) is 34.6 Å². The van der Waals surface area contributed by atoms with E-state index in [4.69, 9.17) is 0 Å². The first kappa shape index (κ1) is 26.1. The van der Waals surface area contributed by atoms with Gasteiger partial charge in [0.05, 0.1) is 36.1 Å². The predicted octanol–water partition coefficient (Wildman–Crippen LogP) is 3.49. The molecule has 0 aliphatic carbocycles. The Hall–Kier alpha value is -3.96. The maximum absolute atomic E-state index is 13.8. The molecule has 0 saturated carbocycles. The Kier molecular flexibility index (Phi) is 6.70. The van der Waals surface area contributed by atoms with Gasteiger partial charge in [0.25, 0.3) is 11.5 Å². The van der Waals surface area contributed by atoms with Crippen LogP contribution in [0.3, 0.4) is 0 Å². The van der Waals surface area contributed by atoms with Crippen molar-refractivity contribution in [3.8, 4) is 11.1 Å². The molecular formula is C23H21F3N5O5P. The first-order chi connectivity index (χ1) is 17.3. The van der Waals surface area contributed by atoms with Crippen molar-refractivity contribution in [3.63, 3.8) is 0 Å². The summed E-state index contributed by atoms with van der Waals surface area (Å²) in [5, 5.41) is 6.16. The van der Waals surface area contributed by atoms with Crippen molar-refractivity contribution in [1.82, 2.24) is 24.8 Å². The van der Waals surface area contributed by atoms with Crippen LogP contribution >= 0.6 is 7.60 Å². The molecule has 10 nitrogen and oxygen atoms in total. The highest BCUT2D eigenvalue weighted by Crippen LogP contribution is 2.40. The molecule has 2 N–H and O–H groups in total. The molecule has 0 radical (unpaired) electrons. The minimum atomic E-state index is -4.97. The average Bonchev–Trinajstić information content (AvgIpc) is 3.25. The number of hydrogen-bond donors (Lipinski definition) is 2. The summed E-state index contributed by atoms with van der Waals surface area (Å²) in [7, 11) is -2.83. The van der Waals surface area contributed by atoms with E-state index in [-0.39, 0.29) is 27.2 Å². The van der Waals surface area contributed by atoms with Gasteiger partial charge in [-0.1, -0.05) is 23.0 Å². The topological polar surface area (TPSA) is 128 Å². The number of halogens is 3. The summed E-state index contributed by atoms with van der Waals surface area (Å²) in [5.74, 6) is -0.279. The van der Waals surface area contributed by atoms with Crippen molar-refractivity contribution >= 4 is 24.4 Å². The lowest BCUT2D eigenvalue weighted by molar-refractivity contribution is -0.148. The van der Waals surface area contributed by atoms with Gasteiger partial charge in [-0.2, -0.15) is 13.2 Å². The first-order valence-corrected chi connectivity index (χ1v) is 12.8. The van der Waals surface area contributed by atoms with Crippen molar-refractivity contribution in [2.75, 3.05) is 13.7 Å². The third kappa shape index (κ3) is 5.27. The molecule has 2 atom stereocenters. The third-order valence-electron chi connectivity index (χ3n) is 5.61. The standard InChI is InChI=1S/C23H21F3N5O5P/c1-13(14-5-4-6-16(9-14)21(32)27-2)30-12-28-19-10-15(7-8-17(19)22(30)33)18-11-29-31(36-37(3,34)35)20(18)23(24,25)26/h4-13H,1-3H3,(H,27,32)(H,34,35). The highest BCUT2D eigenvalue weighted by molar-refractivity contribution is 7.52. The molecule has 0 spiro atoms. The van der Waals surface area contributed by atoms with Gasteiger partial charge >= 0.3 is 13.8 Å². The fourth-order valence-corrected chi connectivity index (χ4v) is 4.24. The lowest BCUT2D eigenvalue weighted by Gasteiger charge is -2.17. The number of nitrogens with one attached hydrogen (secondary N) is 1. The molecule has 14 heteroatoms. The van der Waals surface area contributed by atoms with Crippen molar-refractivity contribution in [3.05, 3.63) is 82.2 Å². The minimum Gasteiger partial charge on any atom is -0.355 e. The summed E-state index contributed by atoms with van der Waals surface area (Å²) in [5.41, 5.74) is -0.986. The molecule has 0 saturated heterocycles. The molecule has 4 rings (SSSR count). The second-order valence-electron chi connectivity index (χ2n) is 8.23. The van der Waals surface area contributed by atoms with Gasteiger partial charge in [-0.05, 0) is 42.3 Å². The molecule has 37 heavy (non-hydrogen) atoms. The van der Waals surface area contributed by atoms with Crippen molar-refractivity contribution in [1.29, 1.82) is 0 Å². The zero-order valence-electron chi connectivity index (χ0n) is 19.7. The normalized spacial score (nSPS) is 14.2. The molecule has 2 aromatic heterocycles. The molecule has 194 valence electrons. The molecule has 1 amide bonds. The van der Waals surface area contributed by atoms with Gasteiger partial charge in [-0.25, -0.2) is 9.55 Å². The van der Waals surface area contributed by atoms with E-state index in [0.29, 0.717) is 11.1 Å². The van der Waals surface area contributed by atoms with Crippen LogP contribution in [0.25, 0.3) is 22.0 Å². The maximum atomic E-state index is 13.8. The molecule has 2 aromatic carbocycles. The number of carbonyl (C=O) groups is 1. The molecule has 2 unspecified atom stereocenters. The van der Waals surface area contributed by atoms with E-state index in [1.165, 1.54) is 36.1 Å². The fraction of sp³-hybridized carbons (Fsp3) is 0.217. The Morgan fingerprint density at radius 2 is 1.95 bits per heavy atom. The quantitative estimate of drug-likeness (QED) is 0.362. The van der Waals surface area contributed by atoms with Crippen molar-refractivity contribution in [2.24, 2.45) is 0 Å². The second-order valence-corrected chi connectivity index (χ2v) is 10.0. The van der Waals surface area contributed by atoms with Crippen LogP contribution in [-0.2, 0) is 10.7 Å². The van der Waals surface area contributed by atoms with E-state index in [0.717, 1.165) is 12.9 Å². The Bertz CT molecular complexity index is 1610. The lowest BCUT2D eigenvalue weighted by atomic mass is 10.0. The number of fused-ring (bicyclic) bond motifs is 1. The van der Waals surface area contributed by atoms with Crippen LogP contribution in [-0.4, -0.2) is 44.0 Å². The lowest BCUT2D eigenvalue weighted by Crippen LogP contribution is -2.25. The number of benzene rings is 2. The monoisotopic (exact) mass is 535 g/mol. The largest absolute Gasteiger partial charge is 0.437 e. The summed E-state index contributed by atoms with van der Waals surface area (Å²) >= 11 is 0. The van der Waals surface area contributed by atoms with Crippen molar-refractivity contribution in [2.45, 2.75) is 19.1 Å². The van der Waals surface area contributed by atoms with E-state index in [9.17, 15) is 32.2 Å². The first-order valence-electron chi connectivity index (χ1n) is 10.8. The number of rotatable bonds is 6. The van der Waals surface area contributed by atoms with Gasteiger partial charge in [0, 0.05) is 18.2 Å². The number of alkyl halides is 3. The molecule has 0 bridgehead atoms. The van der Waals surface area contributed by atoms with Crippen LogP contribution in [0, 0.1) is 0 Å². The minimum absolute atomic E-state index is 0.0227. The number of nitrogens with zero attached hydrogens (tertiary/aromatic N) is 4.